The first-order chi connectivity index (χ1) is 16.4. The molecule has 6 rings (SSSR count). The van der Waals surface area contributed by atoms with Crippen LogP contribution >= 0.6 is 0 Å². The summed E-state index contributed by atoms with van der Waals surface area (Å²) in [4.78, 5) is 7.03. The van der Waals surface area contributed by atoms with Crippen molar-refractivity contribution < 1.29 is 17.3 Å². The summed E-state index contributed by atoms with van der Waals surface area (Å²) in [5, 5.41) is 0.842. The van der Waals surface area contributed by atoms with Gasteiger partial charge in [-0.2, -0.15) is 8.42 Å². The Labute approximate surface area is 201 Å². The van der Waals surface area contributed by atoms with Crippen LogP contribution in [0, 0.1) is 18.8 Å². The quantitative estimate of drug-likeness (QED) is 0.356. The molecule has 0 N–H and O–H groups in total. The monoisotopic (exact) mass is 478 g/mol. The molecule has 3 aliphatic rings. The van der Waals surface area contributed by atoms with Gasteiger partial charge in [0.25, 0.3) is 10.1 Å². The van der Waals surface area contributed by atoms with Gasteiger partial charge in [0.2, 0.25) is 0 Å². The van der Waals surface area contributed by atoms with Crippen molar-refractivity contribution in [2.45, 2.75) is 36.8 Å². The van der Waals surface area contributed by atoms with Crippen molar-refractivity contribution in [3.63, 3.8) is 0 Å². The molecule has 0 aliphatic carbocycles. The molecule has 3 saturated heterocycles. The molecule has 178 valence electrons. The molecule has 4 heterocycles. The molecule has 0 saturated carbocycles. The Hall–Kier alpha value is -2.74. The summed E-state index contributed by atoms with van der Waals surface area (Å²) in [5.74, 6) is 1.59. The van der Waals surface area contributed by atoms with Gasteiger partial charge in [0, 0.05) is 24.2 Å². The minimum absolute atomic E-state index is 0.0630. The smallest absolute Gasteiger partial charge is 0.297 e. The number of rotatable bonds is 7. The van der Waals surface area contributed by atoms with Crippen LogP contribution in [0.4, 0.5) is 0 Å². The van der Waals surface area contributed by atoms with Gasteiger partial charge >= 0.3 is 0 Å². The van der Waals surface area contributed by atoms with Gasteiger partial charge in [0.05, 0.1) is 17.5 Å². The zero-order valence-electron chi connectivity index (χ0n) is 19.6. The van der Waals surface area contributed by atoms with Crippen molar-refractivity contribution in [1.29, 1.82) is 0 Å². The largest absolute Gasteiger partial charge is 0.497 e. The van der Waals surface area contributed by atoms with Crippen LogP contribution in [0.5, 0.6) is 5.75 Å². The lowest BCUT2D eigenvalue weighted by atomic mass is 9.73. The van der Waals surface area contributed by atoms with E-state index >= 15 is 0 Å². The fourth-order valence-electron chi connectivity index (χ4n) is 5.43. The van der Waals surface area contributed by atoms with Crippen LogP contribution < -0.4 is 4.74 Å². The minimum atomic E-state index is -3.99. The maximum atomic E-state index is 13.5. The SMILES string of the molecule is C=C[C@H]1CN2CC[C@H]1C[C@@H]2[C@@H](OS(=O)(=O)c1ccc(C)cc1)c1ccnc2ccc(OC)cc12. The number of fused-ring (bicyclic) bond motifs is 4. The van der Waals surface area contributed by atoms with Gasteiger partial charge in [-0.05, 0) is 80.1 Å². The lowest BCUT2D eigenvalue weighted by molar-refractivity contribution is -0.0338. The molecule has 3 aliphatic heterocycles. The van der Waals surface area contributed by atoms with Crippen LogP contribution in [-0.2, 0) is 14.3 Å². The maximum absolute atomic E-state index is 13.5. The second-order valence-electron chi connectivity index (χ2n) is 9.31. The summed E-state index contributed by atoms with van der Waals surface area (Å²) in [5.41, 5.74) is 2.58. The number of piperidine rings is 3. The van der Waals surface area contributed by atoms with Crippen LogP contribution in [0.25, 0.3) is 10.9 Å². The highest BCUT2D eigenvalue weighted by atomic mass is 32.2. The predicted octanol–water partition coefficient (Wildman–Crippen LogP) is 4.89. The first-order valence-electron chi connectivity index (χ1n) is 11.7. The first kappa shape index (κ1) is 23.0. The molecular weight excluding hydrogens is 448 g/mol. The number of hydrogen-bond donors (Lipinski definition) is 0. The minimum Gasteiger partial charge on any atom is -0.497 e. The van der Waals surface area contributed by atoms with E-state index in [0.29, 0.717) is 17.6 Å². The number of nitrogens with zero attached hydrogens (tertiary/aromatic N) is 2. The van der Waals surface area contributed by atoms with Gasteiger partial charge in [-0.15, -0.1) is 6.58 Å². The van der Waals surface area contributed by atoms with E-state index in [9.17, 15) is 8.42 Å². The van der Waals surface area contributed by atoms with E-state index in [0.717, 1.165) is 48.0 Å². The lowest BCUT2D eigenvalue weighted by Crippen LogP contribution is -2.55. The average Bonchev–Trinajstić information content (AvgIpc) is 2.87. The standard InChI is InChI=1S/C27H30N2O4S/c1-4-19-17-29-14-12-20(19)15-26(29)27(33-34(30,31)22-8-5-18(2)6-9-22)23-11-13-28-25-10-7-21(32-3)16-24(23)25/h4-11,13,16,19-20,26-27H,1,12,14-15,17H2,2-3H3/t19-,20-,26+,27-/m0/s1. The molecule has 1 unspecified atom stereocenters. The number of ether oxygens (including phenoxy) is 1. The third-order valence-corrected chi connectivity index (χ3v) is 8.64. The summed E-state index contributed by atoms with van der Waals surface area (Å²) >= 11 is 0. The molecule has 0 spiro atoms. The van der Waals surface area contributed by atoms with E-state index < -0.39 is 16.2 Å². The summed E-state index contributed by atoms with van der Waals surface area (Å²) in [6, 6.07) is 14.3. The second kappa shape index (κ2) is 9.13. The van der Waals surface area contributed by atoms with Gasteiger partial charge in [0.1, 0.15) is 11.9 Å². The van der Waals surface area contributed by atoms with Crippen LogP contribution in [0.3, 0.4) is 0 Å². The van der Waals surface area contributed by atoms with E-state index in [1.54, 1.807) is 37.6 Å². The number of aromatic nitrogens is 1. The zero-order chi connectivity index (χ0) is 23.9. The molecule has 6 nitrogen and oxygen atoms in total. The Morgan fingerprint density at radius 1 is 1.18 bits per heavy atom. The lowest BCUT2D eigenvalue weighted by Gasteiger charge is -2.51. The van der Waals surface area contributed by atoms with E-state index in [2.05, 4.69) is 16.5 Å². The van der Waals surface area contributed by atoms with Crippen LogP contribution in [0.1, 0.15) is 30.1 Å². The molecule has 3 aromatic rings. The highest BCUT2D eigenvalue weighted by Crippen LogP contribution is 2.44. The first-order valence-corrected chi connectivity index (χ1v) is 13.1. The normalized spacial score (nSPS) is 25.2. The molecule has 0 amide bonds. The van der Waals surface area contributed by atoms with Gasteiger partial charge in [0.15, 0.2) is 0 Å². The summed E-state index contributed by atoms with van der Waals surface area (Å²) < 4.78 is 38.5. The number of methoxy groups -OCH3 is 1. The fraction of sp³-hybridized carbons (Fsp3) is 0.370. The molecular formula is C27H30N2O4S. The topological polar surface area (TPSA) is 68.7 Å². The third kappa shape index (κ3) is 4.24. The fourth-order valence-corrected chi connectivity index (χ4v) is 6.52. The zero-order valence-corrected chi connectivity index (χ0v) is 20.4. The van der Waals surface area contributed by atoms with E-state index in [4.69, 9.17) is 8.92 Å². The Morgan fingerprint density at radius 2 is 1.97 bits per heavy atom. The van der Waals surface area contributed by atoms with Gasteiger partial charge in [-0.3, -0.25) is 14.1 Å². The highest BCUT2D eigenvalue weighted by molar-refractivity contribution is 7.86. The van der Waals surface area contributed by atoms with Crippen molar-refractivity contribution in [2.75, 3.05) is 20.2 Å². The molecule has 2 bridgehead atoms. The molecule has 34 heavy (non-hydrogen) atoms. The van der Waals surface area contributed by atoms with Crippen LogP contribution in [-0.4, -0.2) is 44.5 Å². The van der Waals surface area contributed by atoms with Crippen LogP contribution in [0.15, 0.2) is 72.3 Å². The van der Waals surface area contributed by atoms with E-state index in [1.807, 2.05) is 37.3 Å². The van der Waals surface area contributed by atoms with Gasteiger partial charge in [-0.1, -0.05) is 23.8 Å². The molecule has 7 heteroatoms. The molecule has 0 radical (unpaired) electrons. The average molecular weight is 479 g/mol. The summed E-state index contributed by atoms with van der Waals surface area (Å²) in [6.45, 7) is 7.75. The Bertz CT molecular complexity index is 1310. The summed E-state index contributed by atoms with van der Waals surface area (Å²) in [7, 11) is -2.37. The third-order valence-electron chi connectivity index (χ3n) is 7.33. The maximum Gasteiger partial charge on any atom is 0.297 e. The number of aryl methyl sites for hydroxylation is 1. The molecule has 1 aromatic heterocycles. The van der Waals surface area contributed by atoms with Gasteiger partial charge in [-0.25, -0.2) is 0 Å². The van der Waals surface area contributed by atoms with Crippen molar-refractivity contribution in [3.05, 3.63) is 78.5 Å². The van der Waals surface area contributed by atoms with Crippen molar-refractivity contribution >= 4 is 21.0 Å². The molecule has 3 fully saturated rings. The number of hydrogen-bond acceptors (Lipinski definition) is 6. The van der Waals surface area contributed by atoms with E-state index in [-0.39, 0.29) is 10.9 Å². The van der Waals surface area contributed by atoms with Crippen LogP contribution in [0.2, 0.25) is 0 Å². The molecule has 5 atom stereocenters. The number of benzene rings is 2. The van der Waals surface area contributed by atoms with Crippen molar-refractivity contribution in [2.24, 2.45) is 11.8 Å². The molecule has 2 aromatic carbocycles. The Morgan fingerprint density at radius 3 is 2.65 bits per heavy atom. The van der Waals surface area contributed by atoms with Gasteiger partial charge < -0.3 is 4.74 Å². The summed E-state index contributed by atoms with van der Waals surface area (Å²) in [6.07, 6.45) is 5.05. The Kier molecular flexibility index (Phi) is 6.18. The van der Waals surface area contributed by atoms with Crippen molar-refractivity contribution in [3.8, 4) is 5.75 Å². The highest BCUT2D eigenvalue weighted by Gasteiger charge is 2.44. The van der Waals surface area contributed by atoms with E-state index in [1.165, 1.54) is 0 Å². The Balaban J connectivity index is 1.61. The predicted molar refractivity (Wildman–Crippen MR) is 132 cm³/mol. The second-order valence-corrected chi connectivity index (χ2v) is 10.9. The number of pyridine rings is 1. The van der Waals surface area contributed by atoms with Crippen molar-refractivity contribution in [1.82, 2.24) is 9.88 Å².